The zero-order valence-electron chi connectivity index (χ0n) is 19.7. The van der Waals surface area contributed by atoms with Gasteiger partial charge in [0.15, 0.2) is 0 Å². The first kappa shape index (κ1) is 24.2. The van der Waals surface area contributed by atoms with E-state index in [2.05, 4.69) is 24.1 Å². The van der Waals surface area contributed by atoms with Crippen molar-refractivity contribution in [2.45, 2.75) is 95.3 Å². The molecule has 0 aromatic heterocycles. The Labute approximate surface area is 193 Å². The third kappa shape index (κ3) is 5.31. The highest BCUT2D eigenvalue weighted by Gasteiger charge is 2.40. The number of benzene rings is 1. The molecule has 32 heavy (non-hydrogen) atoms. The van der Waals surface area contributed by atoms with Crippen molar-refractivity contribution in [2.75, 3.05) is 0 Å². The van der Waals surface area contributed by atoms with E-state index in [0.717, 1.165) is 50.5 Å². The summed E-state index contributed by atoms with van der Waals surface area (Å²) >= 11 is 0. The van der Waals surface area contributed by atoms with Crippen LogP contribution in [-0.4, -0.2) is 28.6 Å². The van der Waals surface area contributed by atoms with Crippen molar-refractivity contribution in [3.8, 4) is 6.07 Å². The summed E-state index contributed by atoms with van der Waals surface area (Å²) < 4.78 is 15.6. The molecule has 2 aliphatic rings. The molecule has 1 aromatic rings. The average molecular weight is 437 g/mol. The third-order valence-electron chi connectivity index (χ3n) is 7.54. The summed E-state index contributed by atoms with van der Waals surface area (Å²) in [6, 6.07) is 10.4. The normalized spacial score (nSPS) is 23.4. The Bertz CT molecular complexity index is 858. The van der Waals surface area contributed by atoms with Crippen LogP contribution in [0, 0.1) is 17.2 Å². The van der Waals surface area contributed by atoms with Crippen molar-refractivity contribution in [1.29, 1.82) is 5.26 Å². The van der Waals surface area contributed by atoms with E-state index in [4.69, 9.17) is 5.26 Å². The number of carbonyl (C=O) groups is 1. The van der Waals surface area contributed by atoms with Gasteiger partial charge in [0, 0.05) is 36.4 Å². The summed E-state index contributed by atoms with van der Waals surface area (Å²) in [4.78, 5) is 15.6. The fourth-order valence-corrected chi connectivity index (χ4v) is 5.22. The molecule has 2 fully saturated rings. The molecule has 0 saturated heterocycles. The molecule has 1 unspecified atom stereocenters. The number of alkyl halides is 1. The van der Waals surface area contributed by atoms with Crippen molar-refractivity contribution in [1.82, 2.24) is 4.90 Å². The number of nitrogens with zero attached hydrogens (tertiary/aromatic N) is 2. The van der Waals surface area contributed by atoms with Gasteiger partial charge in [0.05, 0.1) is 6.07 Å². The van der Waals surface area contributed by atoms with Gasteiger partial charge in [-0.05, 0) is 81.1 Å². The molecule has 4 heteroatoms. The molecule has 0 radical (unpaired) electrons. The van der Waals surface area contributed by atoms with Gasteiger partial charge in [0.1, 0.15) is 5.67 Å². The molecule has 2 saturated carbocycles. The molecule has 0 N–H and O–H groups in total. The van der Waals surface area contributed by atoms with Crippen LogP contribution in [0.15, 0.2) is 49.1 Å². The van der Waals surface area contributed by atoms with E-state index in [-0.39, 0.29) is 18.2 Å². The standard InChI is InChI=1S/C28H37FN2O/c1-5-18-28(29,20(2)3)21(4)23-10-12-24(13-11-23)27(32)31(26-16-17-26)25-14-8-22(9-15-25)7-6-19-30/h5,10-13,21-22,25-26H,1-2,6-9,14-18H2,3-4H3/t21-,22?,25?,28?/m1/s1. The summed E-state index contributed by atoms with van der Waals surface area (Å²) in [7, 11) is 0. The molecule has 2 atom stereocenters. The molecule has 3 rings (SSSR count). The first-order valence-corrected chi connectivity index (χ1v) is 12.1. The Balaban J connectivity index is 1.70. The first-order chi connectivity index (χ1) is 15.3. The molecule has 0 aliphatic heterocycles. The fourth-order valence-electron chi connectivity index (χ4n) is 5.22. The number of allylic oxidation sites excluding steroid dienone is 2. The van der Waals surface area contributed by atoms with E-state index in [9.17, 15) is 4.79 Å². The van der Waals surface area contributed by atoms with E-state index in [1.807, 2.05) is 31.2 Å². The van der Waals surface area contributed by atoms with E-state index in [0.29, 0.717) is 35.6 Å². The minimum Gasteiger partial charge on any atom is -0.333 e. The quantitative estimate of drug-likeness (QED) is 0.367. The highest BCUT2D eigenvalue weighted by Crippen LogP contribution is 2.41. The van der Waals surface area contributed by atoms with Crippen LogP contribution >= 0.6 is 0 Å². The average Bonchev–Trinajstić information content (AvgIpc) is 3.63. The van der Waals surface area contributed by atoms with Crippen LogP contribution in [0.25, 0.3) is 0 Å². The van der Waals surface area contributed by atoms with Crippen LogP contribution in [0.3, 0.4) is 0 Å². The van der Waals surface area contributed by atoms with Gasteiger partial charge in [-0.25, -0.2) is 4.39 Å². The lowest BCUT2D eigenvalue weighted by molar-refractivity contribution is 0.0586. The predicted molar refractivity (Wildman–Crippen MR) is 128 cm³/mol. The lowest BCUT2D eigenvalue weighted by Crippen LogP contribution is -2.44. The van der Waals surface area contributed by atoms with Gasteiger partial charge in [-0.1, -0.05) is 31.7 Å². The van der Waals surface area contributed by atoms with Crippen LogP contribution in [0.4, 0.5) is 4.39 Å². The Hall–Kier alpha value is -2.41. The lowest BCUT2D eigenvalue weighted by Gasteiger charge is -2.37. The summed E-state index contributed by atoms with van der Waals surface area (Å²) in [6.45, 7) is 11.2. The number of nitriles is 1. The Morgan fingerprint density at radius 3 is 2.25 bits per heavy atom. The zero-order chi connectivity index (χ0) is 23.3. The SMILES string of the molecule is C=CCC(F)(C(=C)C)[C@H](C)c1ccc(C(=O)N(C2CCC(CCC#N)CC2)C2CC2)cc1. The molecule has 1 amide bonds. The summed E-state index contributed by atoms with van der Waals surface area (Å²) in [5.74, 6) is 0.350. The van der Waals surface area contributed by atoms with E-state index < -0.39 is 5.67 Å². The van der Waals surface area contributed by atoms with Crippen molar-refractivity contribution < 1.29 is 9.18 Å². The second-order valence-electron chi connectivity index (χ2n) is 9.79. The van der Waals surface area contributed by atoms with Crippen LogP contribution in [-0.2, 0) is 0 Å². The molecule has 0 bridgehead atoms. The summed E-state index contributed by atoms with van der Waals surface area (Å²) in [6.07, 6.45) is 9.85. The fraction of sp³-hybridized carbons (Fsp3) is 0.571. The molecular formula is C28H37FN2O. The van der Waals surface area contributed by atoms with Crippen LogP contribution in [0.2, 0.25) is 0 Å². The number of amides is 1. The summed E-state index contributed by atoms with van der Waals surface area (Å²) in [5, 5.41) is 8.84. The van der Waals surface area contributed by atoms with Gasteiger partial charge in [0.2, 0.25) is 0 Å². The minimum absolute atomic E-state index is 0.102. The molecule has 2 aliphatic carbocycles. The maximum Gasteiger partial charge on any atom is 0.254 e. The zero-order valence-corrected chi connectivity index (χ0v) is 19.7. The minimum atomic E-state index is -1.54. The first-order valence-electron chi connectivity index (χ1n) is 12.1. The maximum atomic E-state index is 15.6. The van der Waals surface area contributed by atoms with Crippen LogP contribution in [0.1, 0.15) is 93.5 Å². The van der Waals surface area contributed by atoms with Crippen LogP contribution in [0.5, 0.6) is 0 Å². The Kier molecular flexibility index (Phi) is 7.93. The highest BCUT2D eigenvalue weighted by atomic mass is 19.1. The molecule has 172 valence electrons. The smallest absolute Gasteiger partial charge is 0.254 e. The molecular weight excluding hydrogens is 399 g/mol. The number of halogens is 1. The largest absolute Gasteiger partial charge is 0.333 e. The van der Waals surface area contributed by atoms with E-state index >= 15 is 4.39 Å². The monoisotopic (exact) mass is 436 g/mol. The molecule has 3 nitrogen and oxygen atoms in total. The van der Waals surface area contributed by atoms with Gasteiger partial charge in [-0.15, -0.1) is 6.58 Å². The van der Waals surface area contributed by atoms with Gasteiger partial charge in [0.25, 0.3) is 5.91 Å². The number of hydrogen-bond donors (Lipinski definition) is 0. The van der Waals surface area contributed by atoms with Crippen molar-refractivity contribution >= 4 is 5.91 Å². The topological polar surface area (TPSA) is 44.1 Å². The molecule has 1 aromatic carbocycles. The van der Waals surface area contributed by atoms with Crippen molar-refractivity contribution in [2.24, 2.45) is 5.92 Å². The Morgan fingerprint density at radius 2 is 1.78 bits per heavy atom. The number of carbonyl (C=O) groups excluding carboxylic acids is 1. The second-order valence-corrected chi connectivity index (χ2v) is 9.79. The van der Waals surface area contributed by atoms with E-state index in [1.165, 1.54) is 0 Å². The second kappa shape index (κ2) is 10.5. The van der Waals surface area contributed by atoms with E-state index in [1.54, 1.807) is 13.0 Å². The number of hydrogen-bond acceptors (Lipinski definition) is 2. The molecule has 0 heterocycles. The molecule has 0 spiro atoms. The Morgan fingerprint density at radius 1 is 1.22 bits per heavy atom. The van der Waals surface area contributed by atoms with Crippen LogP contribution < -0.4 is 0 Å². The van der Waals surface area contributed by atoms with Gasteiger partial charge < -0.3 is 4.90 Å². The predicted octanol–water partition coefficient (Wildman–Crippen LogP) is 7.12. The number of rotatable bonds is 10. The summed E-state index contributed by atoms with van der Waals surface area (Å²) in [5.41, 5.74) is 0.500. The van der Waals surface area contributed by atoms with Crippen molar-refractivity contribution in [3.05, 3.63) is 60.2 Å². The third-order valence-corrected chi connectivity index (χ3v) is 7.54. The maximum absolute atomic E-state index is 15.6. The van der Waals surface area contributed by atoms with Gasteiger partial charge in [-0.2, -0.15) is 5.26 Å². The lowest BCUT2D eigenvalue weighted by atomic mass is 9.78. The van der Waals surface area contributed by atoms with Gasteiger partial charge >= 0.3 is 0 Å². The van der Waals surface area contributed by atoms with Crippen molar-refractivity contribution in [3.63, 3.8) is 0 Å². The van der Waals surface area contributed by atoms with Gasteiger partial charge in [-0.3, -0.25) is 4.79 Å². The highest BCUT2D eigenvalue weighted by molar-refractivity contribution is 5.95.